The van der Waals surface area contributed by atoms with Crippen molar-refractivity contribution in [3.05, 3.63) is 42.0 Å². The molecule has 0 aliphatic carbocycles. The molecule has 0 aromatic heterocycles. The minimum absolute atomic E-state index is 0.271. The second-order valence-electron chi connectivity index (χ2n) is 2.95. The number of benzene rings is 1. The minimum atomic E-state index is -4.71. The zero-order chi connectivity index (χ0) is 12.0. The van der Waals surface area contributed by atoms with Crippen molar-refractivity contribution in [3.8, 4) is 0 Å². The van der Waals surface area contributed by atoms with Crippen LogP contribution in [0.15, 0.2) is 36.4 Å². The monoisotopic (exact) mass is 229 g/mol. The predicted octanol–water partition coefficient (Wildman–Crippen LogP) is 3.26. The van der Waals surface area contributed by atoms with Crippen LogP contribution in [0.4, 0.5) is 13.2 Å². The van der Waals surface area contributed by atoms with E-state index >= 15 is 0 Å². The molecule has 0 heterocycles. The smallest absolute Gasteiger partial charge is 0.467 e. The third-order valence-electron chi connectivity index (χ3n) is 1.69. The van der Waals surface area contributed by atoms with Crippen LogP contribution in [0, 0.1) is 5.41 Å². The molecule has 0 saturated heterocycles. The summed E-state index contributed by atoms with van der Waals surface area (Å²) in [7, 11) is 0. The molecule has 0 radical (unpaired) electrons. The second kappa shape index (κ2) is 5.34. The number of rotatable bonds is 3. The predicted molar refractivity (Wildman–Crippen MR) is 55.2 cm³/mol. The molecular formula is C11H10F3NO. The highest BCUT2D eigenvalue weighted by Crippen LogP contribution is 2.16. The van der Waals surface area contributed by atoms with E-state index in [1.807, 2.05) is 30.3 Å². The SMILES string of the molecule is N=C(OC/C=C/c1ccccc1)C(F)(F)F. The second-order valence-corrected chi connectivity index (χ2v) is 2.95. The van der Waals surface area contributed by atoms with E-state index in [4.69, 9.17) is 5.41 Å². The maximum atomic E-state index is 11.8. The van der Waals surface area contributed by atoms with E-state index in [1.54, 1.807) is 6.08 Å². The molecule has 0 saturated carbocycles. The van der Waals surface area contributed by atoms with Crippen LogP contribution in [-0.4, -0.2) is 18.7 Å². The van der Waals surface area contributed by atoms with Gasteiger partial charge in [0.2, 0.25) is 0 Å². The van der Waals surface area contributed by atoms with Crippen LogP contribution in [0.5, 0.6) is 0 Å². The molecule has 0 bridgehead atoms. The zero-order valence-corrected chi connectivity index (χ0v) is 8.29. The molecule has 0 aliphatic heterocycles. The summed E-state index contributed by atoms with van der Waals surface area (Å²) in [6.45, 7) is -0.271. The largest absolute Gasteiger partial charge is 0.470 e. The fourth-order valence-corrected chi connectivity index (χ4v) is 0.962. The Morgan fingerprint density at radius 3 is 2.44 bits per heavy atom. The molecule has 1 aromatic carbocycles. The molecule has 5 heteroatoms. The van der Waals surface area contributed by atoms with Crippen molar-refractivity contribution in [1.29, 1.82) is 5.41 Å². The highest BCUT2D eigenvalue weighted by atomic mass is 19.4. The molecule has 86 valence electrons. The van der Waals surface area contributed by atoms with Gasteiger partial charge in [0.05, 0.1) is 0 Å². The molecule has 0 spiro atoms. The van der Waals surface area contributed by atoms with Crippen molar-refractivity contribution < 1.29 is 17.9 Å². The van der Waals surface area contributed by atoms with E-state index in [9.17, 15) is 13.2 Å². The van der Waals surface area contributed by atoms with Gasteiger partial charge in [-0.2, -0.15) is 13.2 Å². The van der Waals surface area contributed by atoms with Crippen LogP contribution < -0.4 is 0 Å². The average molecular weight is 229 g/mol. The third kappa shape index (κ3) is 4.16. The van der Waals surface area contributed by atoms with Crippen LogP contribution >= 0.6 is 0 Å². The summed E-state index contributed by atoms with van der Waals surface area (Å²) < 4.78 is 39.7. The Hall–Kier alpha value is -1.78. The van der Waals surface area contributed by atoms with Gasteiger partial charge >= 0.3 is 6.18 Å². The van der Waals surface area contributed by atoms with Crippen LogP contribution in [0.25, 0.3) is 6.08 Å². The van der Waals surface area contributed by atoms with Crippen molar-refractivity contribution in [2.75, 3.05) is 6.61 Å². The fourth-order valence-electron chi connectivity index (χ4n) is 0.962. The van der Waals surface area contributed by atoms with Crippen LogP contribution in [-0.2, 0) is 4.74 Å². The first-order valence-corrected chi connectivity index (χ1v) is 4.50. The number of hydrogen-bond donors (Lipinski definition) is 1. The number of halogens is 3. The minimum Gasteiger partial charge on any atom is -0.470 e. The van der Waals surface area contributed by atoms with E-state index in [-0.39, 0.29) is 6.61 Å². The summed E-state index contributed by atoms with van der Waals surface area (Å²) in [6.07, 6.45) is -1.65. The molecule has 16 heavy (non-hydrogen) atoms. The van der Waals surface area contributed by atoms with Gasteiger partial charge in [0, 0.05) is 0 Å². The van der Waals surface area contributed by atoms with Gasteiger partial charge in [-0.15, -0.1) is 0 Å². The average Bonchev–Trinajstić information content (AvgIpc) is 2.24. The summed E-state index contributed by atoms with van der Waals surface area (Å²) >= 11 is 0. The van der Waals surface area contributed by atoms with E-state index in [1.165, 1.54) is 6.08 Å². The Labute approximate surface area is 90.9 Å². The van der Waals surface area contributed by atoms with E-state index in [2.05, 4.69) is 4.74 Å². The zero-order valence-electron chi connectivity index (χ0n) is 8.29. The Balaban J connectivity index is 2.37. The summed E-state index contributed by atoms with van der Waals surface area (Å²) in [6, 6.07) is 9.10. The van der Waals surface area contributed by atoms with Crippen LogP contribution in [0.1, 0.15) is 5.56 Å². The Bertz CT molecular complexity index is 371. The molecule has 0 fully saturated rings. The Kier molecular flexibility index (Phi) is 4.10. The summed E-state index contributed by atoms with van der Waals surface area (Å²) in [4.78, 5) is 0. The highest BCUT2D eigenvalue weighted by Gasteiger charge is 2.36. The number of nitrogens with one attached hydrogen (secondary N) is 1. The van der Waals surface area contributed by atoms with E-state index in [0.717, 1.165) is 5.56 Å². The van der Waals surface area contributed by atoms with Gasteiger partial charge in [0.15, 0.2) is 0 Å². The molecule has 0 aliphatic rings. The fraction of sp³-hybridized carbons (Fsp3) is 0.182. The lowest BCUT2D eigenvalue weighted by Crippen LogP contribution is -2.24. The van der Waals surface area contributed by atoms with Gasteiger partial charge < -0.3 is 4.74 Å². The maximum Gasteiger partial charge on any atom is 0.467 e. The maximum absolute atomic E-state index is 11.8. The standard InChI is InChI=1S/C11H10F3NO/c12-11(13,14)10(15)16-8-4-7-9-5-2-1-3-6-9/h1-7,15H,8H2/b7-4+,15-10?. The van der Waals surface area contributed by atoms with Gasteiger partial charge in [0.25, 0.3) is 5.90 Å². The molecule has 2 nitrogen and oxygen atoms in total. The van der Waals surface area contributed by atoms with Crippen molar-refractivity contribution in [3.63, 3.8) is 0 Å². The molecule has 1 rings (SSSR count). The van der Waals surface area contributed by atoms with Crippen molar-refractivity contribution in [1.82, 2.24) is 0 Å². The first kappa shape index (κ1) is 12.3. The van der Waals surface area contributed by atoms with Crippen LogP contribution in [0.2, 0.25) is 0 Å². The first-order valence-electron chi connectivity index (χ1n) is 4.50. The number of hydrogen-bond acceptors (Lipinski definition) is 2. The lowest BCUT2D eigenvalue weighted by atomic mass is 10.2. The highest BCUT2D eigenvalue weighted by molar-refractivity contribution is 5.78. The molecule has 1 aromatic rings. The Morgan fingerprint density at radius 2 is 1.88 bits per heavy atom. The molecule has 0 unspecified atom stereocenters. The van der Waals surface area contributed by atoms with Crippen LogP contribution in [0.3, 0.4) is 0 Å². The molecule has 1 N–H and O–H groups in total. The van der Waals surface area contributed by atoms with Gasteiger partial charge in [-0.05, 0) is 11.6 Å². The molecule has 0 atom stereocenters. The summed E-state index contributed by atoms with van der Waals surface area (Å²) in [5.41, 5.74) is 0.865. The van der Waals surface area contributed by atoms with Gasteiger partial charge in [-0.25, -0.2) is 0 Å². The van der Waals surface area contributed by atoms with Crippen molar-refractivity contribution in [2.24, 2.45) is 0 Å². The Morgan fingerprint density at radius 1 is 1.25 bits per heavy atom. The van der Waals surface area contributed by atoms with Crippen molar-refractivity contribution >= 4 is 12.0 Å². The van der Waals surface area contributed by atoms with E-state index in [0.29, 0.717) is 0 Å². The van der Waals surface area contributed by atoms with Crippen molar-refractivity contribution in [2.45, 2.75) is 6.18 Å². The number of alkyl halides is 3. The first-order chi connectivity index (χ1) is 7.50. The summed E-state index contributed by atoms with van der Waals surface area (Å²) in [5, 5.41) is 6.54. The lowest BCUT2D eigenvalue weighted by Gasteiger charge is -2.07. The quantitative estimate of drug-likeness (QED) is 0.626. The van der Waals surface area contributed by atoms with Gasteiger partial charge in [-0.3, -0.25) is 5.41 Å². The van der Waals surface area contributed by atoms with Gasteiger partial charge in [0.1, 0.15) is 6.61 Å². The third-order valence-corrected chi connectivity index (χ3v) is 1.69. The molecule has 0 amide bonds. The van der Waals surface area contributed by atoms with E-state index < -0.39 is 12.1 Å². The summed E-state index contributed by atoms with van der Waals surface area (Å²) in [5.74, 6) is -1.68. The molecular weight excluding hydrogens is 219 g/mol. The lowest BCUT2D eigenvalue weighted by molar-refractivity contribution is -0.0781. The van der Waals surface area contributed by atoms with Gasteiger partial charge in [-0.1, -0.05) is 36.4 Å². The normalized spacial score (nSPS) is 11.7. The topological polar surface area (TPSA) is 33.1 Å². The number of ether oxygens (including phenoxy) is 1.